The van der Waals surface area contributed by atoms with E-state index in [-0.39, 0.29) is 6.03 Å². The molecule has 0 bridgehead atoms. The molecule has 2 amide bonds. The molecule has 98 valence electrons. The molecule has 2 N–H and O–H groups in total. The van der Waals surface area contributed by atoms with Crippen molar-refractivity contribution in [2.75, 3.05) is 26.7 Å². The summed E-state index contributed by atoms with van der Waals surface area (Å²) in [6.45, 7) is 5.89. The highest BCUT2D eigenvalue weighted by atomic mass is 16.4. The average molecular weight is 243 g/mol. The van der Waals surface area contributed by atoms with Crippen molar-refractivity contribution in [3.8, 4) is 0 Å². The zero-order valence-electron chi connectivity index (χ0n) is 10.6. The number of nitrogens with zero attached hydrogens (tertiary/aromatic N) is 2. The Hall–Kier alpha value is -1.30. The molecule has 1 aliphatic heterocycles. The van der Waals surface area contributed by atoms with E-state index in [9.17, 15) is 9.59 Å². The van der Waals surface area contributed by atoms with Crippen LogP contribution in [0.1, 0.15) is 20.3 Å². The molecule has 1 rings (SSSR count). The maximum atomic E-state index is 11.9. The first-order chi connectivity index (χ1) is 7.95. The Morgan fingerprint density at radius 1 is 1.47 bits per heavy atom. The molecule has 2 unspecified atom stereocenters. The predicted octanol–water partition coefficient (Wildman–Crippen LogP) is 0.195. The summed E-state index contributed by atoms with van der Waals surface area (Å²) < 4.78 is 0. The quantitative estimate of drug-likeness (QED) is 0.742. The highest BCUT2D eigenvalue weighted by molar-refractivity contribution is 5.82. The van der Waals surface area contributed by atoms with E-state index in [0.717, 1.165) is 6.54 Å². The lowest BCUT2D eigenvalue weighted by atomic mass is 10.2. The number of carboxylic acid groups (broad SMARTS) is 1. The first kappa shape index (κ1) is 13.8. The number of urea groups is 1. The van der Waals surface area contributed by atoms with Crippen LogP contribution in [0.15, 0.2) is 0 Å². The van der Waals surface area contributed by atoms with Crippen molar-refractivity contribution < 1.29 is 14.7 Å². The van der Waals surface area contributed by atoms with Gasteiger partial charge in [0, 0.05) is 25.7 Å². The number of hydrogen-bond acceptors (Lipinski definition) is 3. The average Bonchev–Trinajstić information content (AvgIpc) is 2.28. The van der Waals surface area contributed by atoms with E-state index in [4.69, 9.17) is 5.11 Å². The Labute approximate surface area is 102 Å². The van der Waals surface area contributed by atoms with E-state index < -0.39 is 12.0 Å². The molecule has 0 radical (unpaired) electrons. The van der Waals surface area contributed by atoms with Gasteiger partial charge in [0.1, 0.15) is 6.04 Å². The number of carbonyl (C=O) groups excluding carboxylic acids is 1. The van der Waals surface area contributed by atoms with E-state index >= 15 is 0 Å². The summed E-state index contributed by atoms with van der Waals surface area (Å²) in [6, 6.07) is -0.768. The molecule has 1 saturated heterocycles. The third-order valence-corrected chi connectivity index (χ3v) is 3.25. The Kier molecular flexibility index (Phi) is 4.74. The van der Waals surface area contributed by atoms with Gasteiger partial charge in [0.05, 0.1) is 0 Å². The molecule has 0 aliphatic carbocycles. The predicted molar refractivity (Wildman–Crippen MR) is 63.9 cm³/mol. The fourth-order valence-electron chi connectivity index (χ4n) is 1.81. The van der Waals surface area contributed by atoms with Gasteiger partial charge in [-0.25, -0.2) is 9.59 Å². The van der Waals surface area contributed by atoms with Gasteiger partial charge in [-0.3, -0.25) is 0 Å². The fraction of sp³-hybridized carbons (Fsp3) is 0.818. The fourth-order valence-corrected chi connectivity index (χ4v) is 1.81. The van der Waals surface area contributed by atoms with Gasteiger partial charge in [0.25, 0.3) is 0 Å². The largest absolute Gasteiger partial charge is 0.480 e. The smallest absolute Gasteiger partial charge is 0.326 e. The lowest BCUT2D eigenvalue weighted by Crippen LogP contribution is -2.56. The van der Waals surface area contributed by atoms with Gasteiger partial charge >= 0.3 is 12.0 Å². The van der Waals surface area contributed by atoms with Gasteiger partial charge in [-0.05, 0) is 20.4 Å². The number of piperazine rings is 1. The van der Waals surface area contributed by atoms with E-state index in [0.29, 0.717) is 25.6 Å². The second kappa shape index (κ2) is 5.86. The molecule has 1 heterocycles. The normalized spacial score (nSPS) is 23.2. The van der Waals surface area contributed by atoms with Crippen LogP contribution in [0.25, 0.3) is 0 Å². The third-order valence-electron chi connectivity index (χ3n) is 3.25. The zero-order valence-corrected chi connectivity index (χ0v) is 10.6. The van der Waals surface area contributed by atoms with Crippen LogP contribution < -0.4 is 5.32 Å². The first-order valence-electron chi connectivity index (χ1n) is 5.94. The first-order valence-corrected chi connectivity index (χ1v) is 5.94. The van der Waals surface area contributed by atoms with Gasteiger partial charge in [-0.15, -0.1) is 0 Å². The Morgan fingerprint density at radius 3 is 2.59 bits per heavy atom. The van der Waals surface area contributed by atoms with Crippen molar-refractivity contribution in [1.82, 2.24) is 15.1 Å². The molecule has 0 saturated carbocycles. The minimum Gasteiger partial charge on any atom is -0.480 e. The van der Waals surface area contributed by atoms with E-state index in [2.05, 4.69) is 10.2 Å². The van der Waals surface area contributed by atoms with Crippen molar-refractivity contribution in [2.45, 2.75) is 32.4 Å². The van der Waals surface area contributed by atoms with E-state index in [1.807, 2.05) is 14.0 Å². The molecule has 0 aromatic heterocycles. The van der Waals surface area contributed by atoms with Crippen LogP contribution in [0.5, 0.6) is 0 Å². The molecule has 1 aliphatic rings. The second-order valence-electron chi connectivity index (χ2n) is 4.52. The summed E-state index contributed by atoms with van der Waals surface area (Å²) >= 11 is 0. The highest BCUT2D eigenvalue weighted by Crippen LogP contribution is 2.07. The number of hydrogen-bond donors (Lipinski definition) is 2. The summed E-state index contributed by atoms with van der Waals surface area (Å²) in [5.41, 5.74) is 0. The molecule has 17 heavy (non-hydrogen) atoms. The standard InChI is InChI=1S/C11H21N3O3/c1-4-9(10(15)16)12-11(17)14-6-5-13(3)8(2)7-14/h8-9H,4-7H2,1-3H3,(H,12,17)(H,15,16). The lowest BCUT2D eigenvalue weighted by molar-refractivity contribution is -0.139. The number of rotatable bonds is 3. The topological polar surface area (TPSA) is 72.9 Å². The Bertz CT molecular complexity index is 296. The van der Waals surface area contributed by atoms with Gasteiger partial charge < -0.3 is 20.2 Å². The van der Waals surface area contributed by atoms with Crippen LogP contribution in [0.3, 0.4) is 0 Å². The third kappa shape index (κ3) is 3.59. The van der Waals surface area contributed by atoms with Gasteiger partial charge in [-0.1, -0.05) is 6.92 Å². The minimum atomic E-state index is -0.983. The van der Waals surface area contributed by atoms with Gasteiger partial charge in [-0.2, -0.15) is 0 Å². The van der Waals surface area contributed by atoms with Crippen molar-refractivity contribution in [3.05, 3.63) is 0 Å². The van der Waals surface area contributed by atoms with Crippen LogP contribution in [0.2, 0.25) is 0 Å². The number of amides is 2. The van der Waals surface area contributed by atoms with E-state index in [1.165, 1.54) is 0 Å². The maximum Gasteiger partial charge on any atom is 0.326 e. The molecule has 0 aromatic rings. The number of likely N-dealkylation sites (N-methyl/N-ethyl adjacent to an activating group) is 1. The SMILES string of the molecule is CCC(NC(=O)N1CCN(C)C(C)C1)C(=O)O. The summed E-state index contributed by atoms with van der Waals surface area (Å²) in [4.78, 5) is 26.5. The van der Waals surface area contributed by atoms with Gasteiger partial charge in [0.15, 0.2) is 0 Å². The molecule has 1 fully saturated rings. The van der Waals surface area contributed by atoms with Crippen LogP contribution >= 0.6 is 0 Å². The maximum absolute atomic E-state index is 11.9. The highest BCUT2D eigenvalue weighted by Gasteiger charge is 2.26. The van der Waals surface area contributed by atoms with Gasteiger partial charge in [0.2, 0.25) is 0 Å². The summed E-state index contributed by atoms with van der Waals surface area (Å²) in [5, 5.41) is 11.4. The summed E-state index contributed by atoms with van der Waals surface area (Å²) in [6.07, 6.45) is 0.393. The molecule has 2 atom stereocenters. The Morgan fingerprint density at radius 2 is 2.12 bits per heavy atom. The molecular weight excluding hydrogens is 222 g/mol. The van der Waals surface area contributed by atoms with Crippen LogP contribution in [-0.4, -0.2) is 65.7 Å². The van der Waals surface area contributed by atoms with Crippen molar-refractivity contribution >= 4 is 12.0 Å². The molecular formula is C11H21N3O3. The number of nitrogens with one attached hydrogen (secondary N) is 1. The number of carboxylic acids is 1. The van der Waals surface area contributed by atoms with Crippen molar-refractivity contribution in [2.24, 2.45) is 0 Å². The number of carbonyl (C=O) groups is 2. The van der Waals surface area contributed by atoms with Crippen molar-refractivity contribution in [3.63, 3.8) is 0 Å². The monoisotopic (exact) mass is 243 g/mol. The molecule has 6 nitrogen and oxygen atoms in total. The lowest BCUT2D eigenvalue weighted by Gasteiger charge is -2.37. The second-order valence-corrected chi connectivity index (χ2v) is 4.52. The summed E-state index contributed by atoms with van der Waals surface area (Å²) in [7, 11) is 2.02. The van der Waals surface area contributed by atoms with Crippen LogP contribution in [0.4, 0.5) is 4.79 Å². The molecule has 0 spiro atoms. The van der Waals surface area contributed by atoms with Crippen LogP contribution in [0, 0.1) is 0 Å². The molecule has 0 aromatic carbocycles. The minimum absolute atomic E-state index is 0.279. The summed E-state index contributed by atoms with van der Waals surface area (Å²) in [5.74, 6) is -0.983. The Balaban J connectivity index is 2.50. The van der Waals surface area contributed by atoms with Crippen molar-refractivity contribution in [1.29, 1.82) is 0 Å². The van der Waals surface area contributed by atoms with E-state index in [1.54, 1.807) is 11.8 Å². The number of aliphatic carboxylic acids is 1. The zero-order chi connectivity index (χ0) is 13.0. The molecule has 6 heteroatoms. The van der Waals surface area contributed by atoms with Crippen LogP contribution in [-0.2, 0) is 4.79 Å².